The maximum Gasteiger partial charge on any atom is 0.0587 e. The van der Waals surface area contributed by atoms with Gasteiger partial charge in [-0.05, 0) is 24.8 Å². The lowest BCUT2D eigenvalue weighted by Gasteiger charge is -2.29. The van der Waals surface area contributed by atoms with Crippen LogP contribution >= 0.6 is 0 Å². The highest BCUT2D eigenvalue weighted by atomic mass is 16.5. The van der Waals surface area contributed by atoms with Crippen LogP contribution in [0.4, 0.5) is 0 Å². The quantitative estimate of drug-likeness (QED) is 0.840. The SMILES string of the molecule is CCC1CC(NCc2ccccc2)CCO1. The van der Waals surface area contributed by atoms with Crippen LogP contribution in [0.15, 0.2) is 30.3 Å². The zero-order valence-corrected chi connectivity index (χ0v) is 9.99. The van der Waals surface area contributed by atoms with Gasteiger partial charge in [-0.3, -0.25) is 0 Å². The number of benzene rings is 1. The highest BCUT2D eigenvalue weighted by Gasteiger charge is 2.20. The van der Waals surface area contributed by atoms with Crippen LogP contribution in [0, 0.1) is 0 Å². The fraction of sp³-hybridized carbons (Fsp3) is 0.571. The Labute approximate surface area is 98.0 Å². The summed E-state index contributed by atoms with van der Waals surface area (Å²) >= 11 is 0. The lowest BCUT2D eigenvalue weighted by molar-refractivity contribution is -0.000318. The van der Waals surface area contributed by atoms with E-state index in [1.807, 2.05) is 0 Å². The van der Waals surface area contributed by atoms with Crippen LogP contribution in [0.1, 0.15) is 31.7 Å². The molecule has 1 aromatic rings. The Morgan fingerprint density at radius 2 is 2.12 bits per heavy atom. The van der Waals surface area contributed by atoms with Crippen LogP contribution in [0.2, 0.25) is 0 Å². The Hall–Kier alpha value is -0.860. The van der Waals surface area contributed by atoms with Crippen LogP contribution in [0.25, 0.3) is 0 Å². The lowest BCUT2D eigenvalue weighted by atomic mass is 10.0. The molecule has 2 unspecified atom stereocenters. The van der Waals surface area contributed by atoms with Crippen LogP contribution in [0.5, 0.6) is 0 Å². The molecule has 2 rings (SSSR count). The molecule has 2 heteroatoms. The molecule has 1 N–H and O–H groups in total. The van der Waals surface area contributed by atoms with Crippen LogP contribution in [0.3, 0.4) is 0 Å². The normalized spacial score (nSPS) is 25.6. The van der Waals surface area contributed by atoms with E-state index in [1.165, 1.54) is 5.56 Å². The monoisotopic (exact) mass is 219 g/mol. The van der Waals surface area contributed by atoms with Gasteiger partial charge in [-0.25, -0.2) is 0 Å². The van der Waals surface area contributed by atoms with Gasteiger partial charge in [-0.1, -0.05) is 37.3 Å². The first-order valence-electron chi connectivity index (χ1n) is 6.27. The third-order valence-electron chi connectivity index (χ3n) is 3.26. The molecular weight excluding hydrogens is 198 g/mol. The first-order valence-corrected chi connectivity index (χ1v) is 6.27. The molecule has 1 aromatic carbocycles. The minimum atomic E-state index is 0.460. The van der Waals surface area contributed by atoms with Crippen molar-refractivity contribution in [3.63, 3.8) is 0 Å². The van der Waals surface area contributed by atoms with E-state index in [0.29, 0.717) is 12.1 Å². The second-order valence-corrected chi connectivity index (χ2v) is 4.49. The molecule has 2 nitrogen and oxygen atoms in total. The average Bonchev–Trinajstić information content (AvgIpc) is 2.38. The maximum absolute atomic E-state index is 5.67. The summed E-state index contributed by atoms with van der Waals surface area (Å²) in [4.78, 5) is 0. The number of nitrogens with one attached hydrogen (secondary N) is 1. The van der Waals surface area contributed by atoms with Crippen molar-refractivity contribution >= 4 is 0 Å². The Morgan fingerprint density at radius 1 is 1.31 bits per heavy atom. The molecule has 1 heterocycles. The van der Waals surface area contributed by atoms with E-state index in [0.717, 1.165) is 32.4 Å². The Bertz CT molecular complexity index is 299. The predicted molar refractivity (Wildman–Crippen MR) is 66.3 cm³/mol. The van der Waals surface area contributed by atoms with Gasteiger partial charge in [0.05, 0.1) is 6.10 Å². The van der Waals surface area contributed by atoms with E-state index >= 15 is 0 Å². The molecule has 0 bridgehead atoms. The number of hydrogen-bond donors (Lipinski definition) is 1. The summed E-state index contributed by atoms with van der Waals surface area (Å²) in [5, 5.41) is 3.62. The van der Waals surface area contributed by atoms with Gasteiger partial charge in [0.15, 0.2) is 0 Å². The van der Waals surface area contributed by atoms with Crippen LogP contribution in [-0.4, -0.2) is 18.8 Å². The topological polar surface area (TPSA) is 21.3 Å². The lowest BCUT2D eigenvalue weighted by Crippen LogP contribution is -2.38. The summed E-state index contributed by atoms with van der Waals surface area (Å²) < 4.78 is 5.67. The predicted octanol–water partition coefficient (Wildman–Crippen LogP) is 2.73. The van der Waals surface area contributed by atoms with Gasteiger partial charge in [0.2, 0.25) is 0 Å². The van der Waals surface area contributed by atoms with Crippen molar-refractivity contribution in [2.45, 2.75) is 44.9 Å². The van der Waals surface area contributed by atoms with Gasteiger partial charge < -0.3 is 10.1 Å². The smallest absolute Gasteiger partial charge is 0.0587 e. The van der Waals surface area contributed by atoms with Crippen molar-refractivity contribution < 1.29 is 4.74 Å². The molecule has 88 valence electrons. The van der Waals surface area contributed by atoms with Crippen LogP contribution < -0.4 is 5.32 Å². The molecule has 1 aliphatic heterocycles. The molecule has 0 amide bonds. The van der Waals surface area contributed by atoms with Gasteiger partial charge in [-0.2, -0.15) is 0 Å². The van der Waals surface area contributed by atoms with Crippen molar-refractivity contribution in [2.75, 3.05) is 6.61 Å². The first kappa shape index (κ1) is 11.6. The highest BCUT2D eigenvalue weighted by molar-refractivity contribution is 5.14. The average molecular weight is 219 g/mol. The van der Waals surface area contributed by atoms with Crippen molar-refractivity contribution in [2.24, 2.45) is 0 Å². The minimum absolute atomic E-state index is 0.460. The molecule has 0 saturated carbocycles. The summed E-state index contributed by atoms with van der Waals surface area (Å²) in [5.41, 5.74) is 1.36. The third kappa shape index (κ3) is 3.32. The molecule has 0 aliphatic carbocycles. The molecule has 0 aromatic heterocycles. The molecule has 1 fully saturated rings. The largest absolute Gasteiger partial charge is 0.378 e. The standard InChI is InChI=1S/C14H21NO/c1-2-14-10-13(8-9-16-14)15-11-12-6-4-3-5-7-12/h3-7,13-15H,2,8-11H2,1H3. The number of ether oxygens (including phenoxy) is 1. The number of hydrogen-bond acceptors (Lipinski definition) is 2. The molecule has 0 spiro atoms. The molecule has 1 aliphatic rings. The zero-order valence-electron chi connectivity index (χ0n) is 9.99. The van der Waals surface area contributed by atoms with Gasteiger partial charge in [0, 0.05) is 19.2 Å². The van der Waals surface area contributed by atoms with Gasteiger partial charge in [0.1, 0.15) is 0 Å². The van der Waals surface area contributed by atoms with Gasteiger partial charge >= 0.3 is 0 Å². The fourth-order valence-electron chi connectivity index (χ4n) is 2.21. The minimum Gasteiger partial charge on any atom is -0.378 e. The molecular formula is C14H21NO. The second-order valence-electron chi connectivity index (χ2n) is 4.49. The molecule has 1 saturated heterocycles. The first-order chi connectivity index (χ1) is 7.88. The van der Waals surface area contributed by atoms with E-state index in [1.54, 1.807) is 0 Å². The Balaban J connectivity index is 1.77. The van der Waals surface area contributed by atoms with Crippen LogP contribution in [-0.2, 0) is 11.3 Å². The van der Waals surface area contributed by atoms with E-state index in [-0.39, 0.29) is 0 Å². The number of rotatable bonds is 4. The summed E-state index contributed by atoms with van der Waals surface area (Å²) in [6.07, 6.45) is 3.89. The zero-order chi connectivity index (χ0) is 11.2. The van der Waals surface area contributed by atoms with Crippen molar-refractivity contribution in [3.8, 4) is 0 Å². The Morgan fingerprint density at radius 3 is 2.88 bits per heavy atom. The fourth-order valence-corrected chi connectivity index (χ4v) is 2.21. The second kappa shape index (κ2) is 6.02. The molecule has 16 heavy (non-hydrogen) atoms. The van der Waals surface area contributed by atoms with Gasteiger partial charge in [-0.15, -0.1) is 0 Å². The summed E-state index contributed by atoms with van der Waals surface area (Å²) in [6, 6.07) is 11.2. The van der Waals surface area contributed by atoms with Gasteiger partial charge in [0.25, 0.3) is 0 Å². The van der Waals surface area contributed by atoms with E-state index in [4.69, 9.17) is 4.74 Å². The van der Waals surface area contributed by atoms with E-state index < -0.39 is 0 Å². The third-order valence-corrected chi connectivity index (χ3v) is 3.26. The molecule has 2 atom stereocenters. The van der Waals surface area contributed by atoms with E-state index in [9.17, 15) is 0 Å². The van der Waals surface area contributed by atoms with E-state index in [2.05, 4.69) is 42.6 Å². The summed E-state index contributed by atoms with van der Waals surface area (Å²) in [5.74, 6) is 0. The highest BCUT2D eigenvalue weighted by Crippen LogP contribution is 2.16. The maximum atomic E-state index is 5.67. The summed E-state index contributed by atoms with van der Waals surface area (Å²) in [6.45, 7) is 4.08. The molecule has 0 radical (unpaired) electrons. The van der Waals surface area contributed by atoms with Crippen molar-refractivity contribution in [1.82, 2.24) is 5.32 Å². The Kier molecular flexibility index (Phi) is 4.37. The van der Waals surface area contributed by atoms with Crippen molar-refractivity contribution in [3.05, 3.63) is 35.9 Å². The summed E-state index contributed by atoms with van der Waals surface area (Å²) in [7, 11) is 0. The van der Waals surface area contributed by atoms with Crippen molar-refractivity contribution in [1.29, 1.82) is 0 Å².